The summed E-state index contributed by atoms with van der Waals surface area (Å²) >= 11 is 0. The van der Waals surface area contributed by atoms with Crippen LogP contribution in [0.3, 0.4) is 0 Å². The van der Waals surface area contributed by atoms with Gasteiger partial charge in [0, 0.05) is 12.1 Å². The first-order chi connectivity index (χ1) is 13.9. The van der Waals surface area contributed by atoms with Crippen LogP contribution in [0.2, 0.25) is 0 Å². The molecule has 0 amide bonds. The summed E-state index contributed by atoms with van der Waals surface area (Å²) in [7, 11) is 0. The summed E-state index contributed by atoms with van der Waals surface area (Å²) in [5, 5.41) is 10.8. The molecule has 0 aliphatic heterocycles. The number of nitro benzene ring substituents is 1. The fourth-order valence-electron chi connectivity index (χ4n) is 2.75. The van der Waals surface area contributed by atoms with Crippen LogP contribution in [-0.4, -0.2) is 10.9 Å². The summed E-state index contributed by atoms with van der Waals surface area (Å²) in [5.74, 6) is -0.543. The van der Waals surface area contributed by atoms with Crippen molar-refractivity contribution in [1.82, 2.24) is 0 Å². The van der Waals surface area contributed by atoms with E-state index in [0.717, 1.165) is 16.7 Å². The number of aryl methyl sites for hydroxylation is 2. The van der Waals surface area contributed by atoms with Gasteiger partial charge in [-0.1, -0.05) is 65.7 Å². The molecule has 0 radical (unpaired) electrons. The molecule has 0 bridgehead atoms. The molecule has 0 spiro atoms. The second-order valence-electron chi connectivity index (χ2n) is 6.81. The fourth-order valence-corrected chi connectivity index (χ4v) is 2.75. The standard InChI is InChI=1S/C24H21NO4/c1-17-3-7-19(8-4-17)9-16-23(20-10-5-18(2)6-11-20)29-24(26)21-12-14-22(15-13-21)25(27)28/h3-16,23H,1-2H3/b16-9+. The molecule has 0 saturated carbocycles. The van der Waals surface area contributed by atoms with Crippen molar-refractivity contribution in [3.05, 3.63) is 117 Å². The van der Waals surface area contributed by atoms with Gasteiger partial charge >= 0.3 is 5.97 Å². The predicted molar refractivity (Wildman–Crippen MR) is 113 cm³/mol. The van der Waals surface area contributed by atoms with Gasteiger partial charge in [-0.25, -0.2) is 4.79 Å². The Hall–Kier alpha value is -3.73. The van der Waals surface area contributed by atoms with Gasteiger partial charge in [-0.15, -0.1) is 0 Å². The summed E-state index contributed by atoms with van der Waals surface area (Å²) < 4.78 is 5.71. The van der Waals surface area contributed by atoms with Crippen LogP contribution < -0.4 is 0 Å². The molecule has 0 aliphatic rings. The molecule has 1 atom stereocenters. The van der Waals surface area contributed by atoms with Crippen LogP contribution in [0.5, 0.6) is 0 Å². The molecule has 3 aromatic carbocycles. The van der Waals surface area contributed by atoms with Crippen molar-refractivity contribution in [2.75, 3.05) is 0 Å². The molecule has 0 fully saturated rings. The quantitative estimate of drug-likeness (QED) is 0.303. The van der Waals surface area contributed by atoms with Gasteiger partial charge in [0.15, 0.2) is 0 Å². The van der Waals surface area contributed by atoms with Crippen molar-refractivity contribution in [2.45, 2.75) is 20.0 Å². The monoisotopic (exact) mass is 387 g/mol. The summed E-state index contributed by atoms with van der Waals surface area (Å²) in [6.07, 6.45) is 3.16. The van der Waals surface area contributed by atoms with Crippen molar-refractivity contribution in [2.24, 2.45) is 0 Å². The first kappa shape index (κ1) is 20.0. The molecule has 146 valence electrons. The van der Waals surface area contributed by atoms with Crippen molar-refractivity contribution in [3.63, 3.8) is 0 Å². The highest BCUT2D eigenvalue weighted by atomic mass is 16.6. The predicted octanol–water partition coefficient (Wildman–Crippen LogP) is 5.82. The summed E-state index contributed by atoms with van der Waals surface area (Å²) in [5.41, 5.74) is 4.30. The fraction of sp³-hybridized carbons (Fsp3) is 0.125. The van der Waals surface area contributed by atoms with Crippen LogP contribution in [0.1, 0.15) is 38.7 Å². The zero-order valence-electron chi connectivity index (χ0n) is 16.2. The van der Waals surface area contributed by atoms with E-state index in [4.69, 9.17) is 4.74 Å². The molecule has 0 heterocycles. The number of rotatable bonds is 6. The first-order valence-electron chi connectivity index (χ1n) is 9.19. The molecule has 3 aromatic rings. The van der Waals surface area contributed by atoms with Gasteiger partial charge in [0.05, 0.1) is 10.5 Å². The smallest absolute Gasteiger partial charge is 0.339 e. The highest BCUT2D eigenvalue weighted by Gasteiger charge is 2.17. The largest absolute Gasteiger partial charge is 0.450 e. The number of hydrogen-bond donors (Lipinski definition) is 0. The number of hydrogen-bond acceptors (Lipinski definition) is 4. The van der Waals surface area contributed by atoms with E-state index in [-0.39, 0.29) is 11.3 Å². The van der Waals surface area contributed by atoms with E-state index in [9.17, 15) is 14.9 Å². The van der Waals surface area contributed by atoms with Crippen LogP contribution in [0.25, 0.3) is 6.08 Å². The lowest BCUT2D eigenvalue weighted by Crippen LogP contribution is -2.10. The first-order valence-corrected chi connectivity index (χ1v) is 9.19. The van der Waals surface area contributed by atoms with Gasteiger partial charge in [-0.2, -0.15) is 0 Å². The molecule has 3 rings (SSSR count). The molecular weight excluding hydrogens is 366 g/mol. The Labute approximate surface area is 169 Å². The summed E-state index contributed by atoms with van der Waals surface area (Å²) in [6.45, 7) is 4.01. The molecule has 29 heavy (non-hydrogen) atoms. The maximum Gasteiger partial charge on any atom is 0.339 e. The van der Waals surface area contributed by atoms with Crippen molar-refractivity contribution < 1.29 is 14.5 Å². The van der Waals surface area contributed by atoms with Gasteiger partial charge in [-0.05, 0) is 43.2 Å². The number of benzene rings is 3. The maximum atomic E-state index is 12.6. The molecule has 0 aromatic heterocycles. The van der Waals surface area contributed by atoms with Gasteiger partial charge in [-0.3, -0.25) is 10.1 Å². The highest BCUT2D eigenvalue weighted by Crippen LogP contribution is 2.23. The van der Waals surface area contributed by atoms with Crippen LogP contribution in [-0.2, 0) is 4.74 Å². The average Bonchev–Trinajstić information content (AvgIpc) is 2.73. The van der Waals surface area contributed by atoms with Crippen LogP contribution >= 0.6 is 0 Å². The van der Waals surface area contributed by atoms with E-state index in [1.165, 1.54) is 29.8 Å². The van der Waals surface area contributed by atoms with E-state index in [1.54, 1.807) is 0 Å². The Morgan fingerprint density at radius 3 is 2.00 bits per heavy atom. The second kappa shape index (κ2) is 8.97. The van der Waals surface area contributed by atoms with E-state index in [1.807, 2.05) is 74.5 Å². The minimum atomic E-state index is -0.584. The van der Waals surface area contributed by atoms with Gasteiger partial charge < -0.3 is 4.74 Å². The van der Waals surface area contributed by atoms with Crippen LogP contribution in [0, 0.1) is 24.0 Å². The van der Waals surface area contributed by atoms with Crippen LogP contribution in [0.4, 0.5) is 5.69 Å². The lowest BCUT2D eigenvalue weighted by molar-refractivity contribution is -0.384. The highest BCUT2D eigenvalue weighted by molar-refractivity contribution is 5.90. The van der Waals surface area contributed by atoms with Crippen LogP contribution in [0.15, 0.2) is 78.9 Å². The zero-order valence-corrected chi connectivity index (χ0v) is 16.2. The van der Waals surface area contributed by atoms with Crippen molar-refractivity contribution in [3.8, 4) is 0 Å². The van der Waals surface area contributed by atoms with Gasteiger partial charge in [0.2, 0.25) is 0 Å². The summed E-state index contributed by atoms with van der Waals surface area (Å²) in [4.78, 5) is 22.9. The third-order valence-electron chi connectivity index (χ3n) is 4.49. The number of carbonyl (C=O) groups excluding carboxylic acids is 1. The van der Waals surface area contributed by atoms with Gasteiger partial charge in [0.25, 0.3) is 5.69 Å². The normalized spacial score (nSPS) is 11.9. The molecule has 0 saturated heterocycles. The van der Waals surface area contributed by atoms with E-state index in [0.29, 0.717) is 0 Å². The Balaban J connectivity index is 1.84. The Kier molecular flexibility index (Phi) is 6.19. The number of nitro groups is 1. The summed E-state index contributed by atoms with van der Waals surface area (Å²) in [6, 6.07) is 21.2. The molecule has 5 heteroatoms. The third-order valence-corrected chi connectivity index (χ3v) is 4.49. The molecular formula is C24H21NO4. The number of esters is 1. The SMILES string of the molecule is Cc1ccc(/C=C/C(OC(=O)c2ccc([N+](=O)[O-])cc2)c2ccc(C)cc2)cc1. The number of carbonyl (C=O) groups is 1. The average molecular weight is 387 g/mol. The Morgan fingerprint density at radius 2 is 1.45 bits per heavy atom. The topological polar surface area (TPSA) is 69.4 Å². The second-order valence-corrected chi connectivity index (χ2v) is 6.81. The number of non-ortho nitro benzene ring substituents is 1. The molecule has 5 nitrogen and oxygen atoms in total. The molecule has 0 aliphatic carbocycles. The Morgan fingerprint density at radius 1 is 0.897 bits per heavy atom. The number of nitrogens with zero attached hydrogens (tertiary/aromatic N) is 1. The lowest BCUT2D eigenvalue weighted by atomic mass is 10.1. The van der Waals surface area contributed by atoms with E-state index < -0.39 is 17.0 Å². The maximum absolute atomic E-state index is 12.6. The third kappa shape index (κ3) is 5.39. The number of ether oxygens (including phenoxy) is 1. The zero-order chi connectivity index (χ0) is 20.8. The Bertz CT molecular complexity index is 1020. The van der Waals surface area contributed by atoms with Crippen molar-refractivity contribution >= 4 is 17.7 Å². The van der Waals surface area contributed by atoms with Crippen molar-refractivity contribution in [1.29, 1.82) is 0 Å². The van der Waals surface area contributed by atoms with E-state index in [2.05, 4.69) is 0 Å². The minimum absolute atomic E-state index is 0.0732. The van der Waals surface area contributed by atoms with Gasteiger partial charge in [0.1, 0.15) is 6.10 Å². The van der Waals surface area contributed by atoms with E-state index >= 15 is 0 Å². The lowest BCUT2D eigenvalue weighted by Gasteiger charge is -2.15. The molecule has 1 unspecified atom stereocenters. The molecule has 0 N–H and O–H groups in total. The minimum Gasteiger partial charge on any atom is -0.450 e.